The Morgan fingerprint density at radius 3 is 2.08 bits per heavy atom. The van der Waals surface area contributed by atoms with Crippen molar-refractivity contribution < 1.29 is 18.0 Å². The van der Waals surface area contributed by atoms with Gasteiger partial charge in [-0.3, -0.25) is 13.9 Å². The minimum atomic E-state index is -4.18. The number of carbonyl (C=O) groups excluding carboxylic acids is 2. The molecule has 1 N–H and O–H groups in total. The first kappa shape index (κ1) is 30.5. The van der Waals surface area contributed by atoms with Crippen molar-refractivity contribution in [3.05, 3.63) is 94.5 Å². The molecule has 0 bridgehead atoms. The van der Waals surface area contributed by atoms with Crippen LogP contribution < -0.4 is 9.62 Å². The Hall–Kier alpha value is -3.07. The highest BCUT2D eigenvalue weighted by atomic mass is 35.5. The molecule has 0 saturated heterocycles. The smallest absolute Gasteiger partial charge is 0.264 e. The molecule has 0 aliphatic rings. The molecule has 0 aromatic heterocycles. The quantitative estimate of drug-likeness (QED) is 0.284. The number of amides is 2. The lowest BCUT2D eigenvalue weighted by Crippen LogP contribution is -2.53. The third-order valence-electron chi connectivity index (χ3n) is 6.38. The van der Waals surface area contributed by atoms with Gasteiger partial charge in [0.25, 0.3) is 10.0 Å². The number of nitrogens with zero attached hydrogens (tertiary/aromatic N) is 2. The monoisotopic (exact) mass is 589 g/mol. The van der Waals surface area contributed by atoms with Gasteiger partial charge in [-0.15, -0.1) is 0 Å². The van der Waals surface area contributed by atoms with Crippen LogP contribution in [0.25, 0.3) is 0 Å². The van der Waals surface area contributed by atoms with E-state index in [-0.39, 0.29) is 34.1 Å². The number of carbonyl (C=O) groups is 2. The average molecular weight is 591 g/mol. The second-order valence-electron chi connectivity index (χ2n) is 9.17. The third kappa shape index (κ3) is 7.75. The van der Waals surface area contributed by atoms with E-state index in [4.69, 9.17) is 23.2 Å². The van der Waals surface area contributed by atoms with Crippen LogP contribution in [0.4, 0.5) is 5.69 Å². The summed E-state index contributed by atoms with van der Waals surface area (Å²) in [4.78, 5) is 28.7. The fraction of sp³-hybridized carbons (Fsp3) is 0.310. The summed E-state index contributed by atoms with van der Waals surface area (Å²) in [6, 6.07) is 20.3. The molecule has 0 aliphatic heterocycles. The van der Waals surface area contributed by atoms with E-state index in [9.17, 15) is 18.0 Å². The molecule has 2 unspecified atom stereocenters. The molecule has 2 atom stereocenters. The Balaban J connectivity index is 2.05. The van der Waals surface area contributed by atoms with Crippen molar-refractivity contribution in [2.75, 3.05) is 10.8 Å². The van der Waals surface area contributed by atoms with Gasteiger partial charge < -0.3 is 10.2 Å². The van der Waals surface area contributed by atoms with Crippen molar-refractivity contribution in [3.63, 3.8) is 0 Å². The first-order valence-corrected chi connectivity index (χ1v) is 14.9. The molecule has 208 valence electrons. The molecule has 39 heavy (non-hydrogen) atoms. The number of hydrogen-bond acceptors (Lipinski definition) is 4. The van der Waals surface area contributed by atoms with Crippen LogP contribution in [-0.2, 0) is 26.2 Å². The Morgan fingerprint density at radius 2 is 1.49 bits per heavy atom. The number of benzene rings is 3. The van der Waals surface area contributed by atoms with E-state index in [1.807, 2.05) is 20.8 Å². The first-order valence-electron chi connectivity index (χ1n) is 12.7. The number of para-hydroxylation sites is 1. The van der Waals surface area contributed by atoms with Gasteiger partial charge in [0.15, 0.2) is 0 Å². The van der Waals surface area contributed by atoms with Gasteiger partial charge in [0.05, 0.1) is 15.6 Å². The largest absolute Gasteiger partial charge is 0.352 e. The van der Waals surface area contributed by atoms with Crippen molar-refractivity contribution in [2.24, 2.45) is 0 Å². The number of anilines is 1. The van der Waals surface area contributed by atoms with Crippen LogP contribution in [0.15, 0.2) is 83.8 Å². The zero-order chi connectivity index (χ0) is 28.6. The number of halogens is 2. The molecule has 0 aliphatic carbocycles. The molecule has 0 radical (unpaired) electrons. The predicted octanol–water partition coefficient (Wildman–Crippen LogP) is 5.91. The van der Waals surface area contributed by atoms with Crippen LogP contribution in [0.3, 0.4) is 0 Å². The number of rotatable bonds is 12. The molecule has 10 heteroatoms. The fourth-order valence-electron chi connectivity index (χ4n) is 4.03. The lowest BCUT2D eigenvalue weighted by Gasteiger charge is -2.34. The lowest BCUT2D eigenvalue weighted by molar-refractivity contribution is -0.140. The summed E-state index contributed by atoms with van der Waals surface area (Å²) < 4.78 is 28.6. The van der Waals surface area contributed by atoms with Crippen molar-refractivity contribution in [1.29, 1.82) is 0 Å². The fourth-order valence-corrected chi connectivity index (χ4v) is 5.90. The molecule has 0 spiro atoms. The van der Waals surface area contributed by atoms with Crippen LogP contribution in [0.1, 0.15) is 39.2 Å². The third-order valence-corrected chi connectivity index (χ3v) is 8.73. The number of nitrogens with one attached hydrogen (secondary N) is 1. The predicted molar refractivity (Wildman–Crippen MR) is 156 cm³/mol. The molecular formula is C29H33Cl2N3O4S. The Labute approximate surface area is 240 Å². The van der Waals surface area contributed by atoms with E-state index < -0.39 is 28.5 Å². The minimum Gasteiger partial charge on any atom is -0.352 e. The Morgan fingerprint density at radius 1 is 0.872 bits per heavy atom. The van der Waals surface area contributed by atoms with Crippen LogP contribution in [0.2, 0.25) is 10.0 Å². The van der Waals surface area contributed by atoms with Crippen LogP contribution in [0, 0.1) is 0 Å². The normalized spacial score (nSPS) is 12.8. The Kier molecular flexibility index (Phi) is 10.8. The van der Waals surface area contributed by atoms with E-state index in [2.05, 4.69) is 5.32 Å². The van der Waals surface area contributed by atoms with Crippen molar-refractivity contribution in [3.8, 4) is 0 Å². The van der Waals surface area contributed by atoms with E-state index in [1.165, 1.54) is 17.0 Å². The molecule has 0 fully saturated rings. The van der Waals surface area contributed by atoms with Gasteiger partial charge in [0.1, 0.15) is 12.6 Å². The first-order chi connectivity index (χ1) is 18.6. The highest BCUT2D eigenvalue weighted by molar-refractivity contribution is 7.92. The zero-order valence-electron chi connectivity index (χ0n) is 22.2. The van der Waals surface area contributed by atoms with E-state index in [0.29, 0.717) is 11.4 Å². The maximum Gasteiger partial charge on any atom is 0.264 e. The summed E-state index contributed by atoms with van der Waals surface area (Å²) >= 11 is 12.5. The standard InChI is InChI=1S/C29H33Cl2N3O4S/c1-4-21(3)32-29(36)26(5-2)33(19-22-15-17-23(30)18-16-22)28(35)20-34(27-14-10-9-13-25(27)31)39(37,38)24-11-7-6-8-12-24/h6-18,21,26H,4-5,19-20H2,1-3H3,(H,32,36). The summed E-state index contributed by atoms with van der Waals surface area (Å²) in [7, 11) is -4.18. The topological polar surface area (TPSA) is 86.8 Å². The second kappa shape index (κ2) is 13.8. The summed E-state index contributed by atoms with van der Waals surface area (Å²) in [6.45, 7) is 5.20. The molecule has 7 nitrogen and oxygen atoms in total. The van der Waals surface area contributed by atoms with Gasteiger partial charge >= 0.3 is 0 Å². The van der Waals surface area contributed by atoms with Gasteiger partial charge in [0, 0.05) is 17.6 Å². The van der Waals surface area contributed by atoms with Crippen molar-refractivity contribution >= 4 is 50.7 Å². The summed E-state index contributed by atoms with van der Waals surface area (Å²) in [5.74, 6) is -0.847. The number of sulfonamides is 1. The molecule has 2 amide bonds. The highest BCUT2D eigenvalue weighted by Crippen LogP contribution is 2.30. The maximum absolute atomic E-state index is 14.0. The summed E-state index contributed by atoms with van der Waals surface area (Å²) in [5, 5.41) is 3.67. The van der Waals surface area contributed by atoms with Crippen LogP contribution in [-0.4, -0.2) is 43.8 Å². The zero-order valence-corrected chi connectivity index (χ0v) is 24.5. The maximum atomic E-state index is 14.0. The average Bonchev–Trinajstić information content (AvgIpc) is 2.93. The second-order valence-corrected chi connectivity index (χ2v) is 11.9. The van der Waals surface area contributed by atoms with E-state index >= 15 is 0 Å². The molecule has 3 rings (SSSR count). The minimum absolute atomic E-state index is 0.0172. The SMILES string of the molecule is CCC(C)NC(=O)C(CC)N(Cc1ccc(Cl)cc1)C(=O)CN(c1ccccc1Cl)S(=O)(=O)c1ccccc1. The molecule has 0 heterocycles. The summed E-state index contributed by atoms with van der Waals surface area (Å²) in [6.07, 6.45) is 1.06. The van der Waals surface area contributed by atoms with Gasteiger partial charge in [0.2, 0.25) is 11.8 Å². The Bertz CT molecular complexity index is 1370. The molecule has 0 saturated carbocycles. The molecule has 3 aromatic rings. The van der Waals surface area contributed by atoms with Gasteiger partial charge in [-0.2, -0.15) is 0 Å². The molecule has 3 aromatic carbocycles. The van der Waals surface area contributed by atoms with Crippen molar-refractivity contribution in [2.45, 2.75) is 57.1 Å². The van der Waals surface area contributed by atoms with E-state index in [0.717, 1.165) is 16.3 Å². The number of hydrogen-bond donors (Lipinski definition) is 1. The van der Waals surface area contributed by atoms with Crippen LogP contribution in [0.5, 0.6) is 0 Å². The van der Waals surface area contributed by atoms with Gasteiger partial charge in [-0.05, 0) is 61.7 Å². The van der Waals surface area contributed by atoms with Gasteiger partial charge in [-0.25, -0.2) is 8.42 Å². The lowest BCUT2D eigenvalue weighted by atomic mass is 10.1. The summed E-state index contributed by atoms with van der Waals surface area (Å²) in [5.41, 5.74) is 0.915. The highest BCUT2D eigenvalue weighted by Gasteiger charge is 2.34. The molecular weight excluding hydrogens is 557 g/mol. The van der Waals surface area contributed by atoms with Crippen LogP contribution >= 0.6 is 23.2 Å². The van der Waals surface area contributed by atoms with Gasteiger partial charge in [-0.1, -0.05) is 79.5 Å². The van der Waals surface area contributed by atoms with Crippen molar-refractivity contribution in [1.82, 2.24) is 10.2 Å². The van der Waals surface area contributed by atoms with E-state index in [1.54, 1.807) is 66.7 Å².